The number of likely N-dealkylation sites (tertiary alicyclic amines) is 1. The van der Waals surface area contributed by atoms with Crippen LogP contribution in [0.15, 0.2) is 29.4 Å². The molecule has 0 radical (unpaired) electrons. The van der Waals surface area contributed by atoms with Crippen LogP contribution in [-0.4, -0.2) is 43.5 Å². The van der Waals surface area contributed by atoms with Crippen molar-refractivity contribution in [2.75, 3.05) is 11.6 Å². The summed E-state index contributed by atoms with van der Waals surface area (Å²) in [5, 5.41) is 9.37. The van der Waals surface area contributed by atoms with Gasteiger partial charge in [0.2, 0.25) is 11.1 Å². The molecule has 0 aliphatic carbocycles. The molecule has 2 heterocycles. The van der Waals surface area contributed by atoms with E-state index in [0.717, 1.165) is 18.4 Å². The number of halogens is 1. The van der Waals surface area contributed by atoms with E-state index < -0.39 is 0 Å². The molecule has 0 bridgehead atoms. The van der Waals surface area contributed by atoms with Crippen LogP contribution >= 0.6 is 23.4 Å². The van der Waals surface area contributed by atoms with Crippen molar-refractivity contribution >= 4 is 29.3 Å². The van der Waals surface area contributed by atoms with Crippen molar-refractivity contribution in [3.05, 3.63) is 29.3 Å². The standard InChI is InChI=1S/C17H22ClN5OS/c1-11-5-3-6-12(2)22(11)15(24)10-25-17-21-20-16(23(17)19)13-7-4-8-14(18)9-13/h4,7-9,11-12H,3,5-6,10,19H2,1-2H3/t11-,12+. The number of piperidine rings is 1. The Morgan fingerprint density at radius 1 is 1.32 bits per heavy atom. The fourth-order valence-corrected chi connectivity index (χ4v) is 4.23. The molecule has 1 aromatic carbocycles. The van der Waals surface area contributed by atoms with Crippen LogP contribution in [0.3, 0.4) is 0 Å². The Morgan fingerprint density at radius 2 is 2.04 bits per heavy atom. The number of aromatic nitrogens is 3. The summed E-state index contributed by atoms with van der Waals surface area (Å²) < 4.78 is 1.41. The lowest BCUT2D eigenvalue weighted by Gasteiger charge is -2.39. The van der Waals surface area contributed by atoms with E-state index in [2.05, 4.69) is 24.0 Å². The molecule has 25 heavy (non-hydrogen) atoms. The van der Waals surface area contributed by atoms with E-state index in [1.807, 2.05) is 17.0 Å². The minimum atomic E-state index is 0.122. The highest BCUT2D eigenvalue weighted by molar-refractivity contribution is 7.99. The highest BCUT2D eigenvalue weighted by Gasteiger charge is 2.29. The van der Waals surface area contributed by atoms with Crippen LogP contribution in [0.5, 0.6) is 0 Å². The molecule has 1 aromatic heterocycles. The van der Waals surface area contributed by atoms with Gasteiger partial charge < -0.3 is 10.7 Å². The molecule has 0 unspecified atom stereocenters. The summed E-state index contributed by atoms with van der Waals surface area (Å²) in [7, 11) is 0. The lowest BCUT2D eigenvalue weighted by atomic mass is 9.98. The molecule has 1 amide bonds. The van der Waals surface area contributed by atoms with Gasteiger partial charge in [-0.2, -0.15) is 0 Å². The Morgan fingerprint density at radius 3 is 2.72 bits per heavy atom. The quantitative estimate of drug-likeness (QED) is 0.652. The maximum Gasteiger partial charge on any atom is 0.233 e. The number of carbonyl (C=O) groups excluding carboxylic acids is 1. The van der Waals surface area contributed by atoms with Crippen LogP contribution in [0, 0.1) is 0 Å². The van der Waals surface area contributed by atoms with E-state index in [1.165, 1.54) is 22.9 Å². The average Bonchev–Trinajstić information content (AvgIpc) is 2.93. The maximum atomic E-state index is 12.6. The zero-order valence-electron chi connectivity index (χ0n) is 14.4. The zero-order chi connectivity index (χ0) is 18.0. The van der Waals surface area contributed by atoms with Gasteiger partial charge in [-0.3, -0.25) is 4.79 Å². The number of nitrogens with zero attached hydrogens (tertiary/aromatic N) is 4. The van der Waals surface area contributed by atoms with Gasteiger partial charge in [-0.05, 0) is 45.2 Å². The molecule has 1 fully saturated rings. The van der Waals surface area contributed by atoms with Crippen molar-refractivity contribution in [2.24, 2.45) is 0 Å². The molecule has 1 saturated heterocycles. The molecule has 2 aromatic rings. The normalized spacial score (nSPS) is 20.7. The first-order valence-corrected chi connectivity index (χ1v) is 9.74. The summed E-state index contributed by atoms with van der Waals surface area (Å²) in [6, 6.07) is 7.85. The lowest BCUT2D eigenvalue weighted by molar-refractivity contribution is -0.134. The molecular formula is C17H22ClN5OS. The van der Waals surface area contributed by atoms with Crippen molar-refractivity contribution in [3.63, 3.8) is 0 Å². The first kappa shape index (κ1) is 18.1. The van der Waals surface area contributed by atoms with Gasteiger partial charge >= 0.3 is 0 Å². The number of rotatable bonds is 4. The predicted octanol–water partition coefficient (Wildman–Crippen LogP) is 3.19. The van der Waals surface area contributed by atoms with Crippen molar-refractivity contribution in [3.8, 4) is 11.4 Å². The Kier molecular flexibility index (Phi) is 5.54. The van der Waals surface area contributed by atoms with Crippen LogP contribution in [0.2, 0.25) is 5.02 Å². The van der Waals surface area contributed by atoms with Gasteiger partial charge in [0.05, 0.1) is 5.75 Å². The zero-order valence-corrected chi connectivity index (χ0v) is 15.9. The highest BCUT2D eigenvalue weighted by Crippen LogP contribution is 2.26. The lowest BCUT2D eigenvalue weighted by Crippen LogP contribution is -2.48. The molecule has 134 valence electrons. The second-order valence-electron chi connectivity index (χ2n) is 6.41. The van der Waals surface area contributed by atoms with Crippen LogP contribution in [0.25, 0.3) is 11.4 Å². The van der Waals surface area contributed by atoms with Crippen molar-refractivity contribution in [1.82, 2.24) is 19.8 Å². The fourth-order valence-electron chi connectivity index (χ4n) is 3.31. The number of nitrogens with two attached hydrogens (primary N) is 1. The van der Waals surface area contributed by atoms with Gasteiger partial charge in [-0.15, -0.1) is 10.2 Å². The second-order valence-corrected chi connectivity index (χ2v) is 7.78. The number of carbonyl (C=O) groups is 1. The van der Waals surface area contributed by atoms with Gasteiger partial charge in [0.1, 0.15) is 0 Å². The molecule has 1 aliphatic heterocycles. The van der Waals surface area contributed by atoms with Crippen molar-refractivity contribution < 1.29 is 4.79 Å². The van der Waals surface area contributed by atoms with Crippen LogP contribution in [-0.2, 0) is 4.79 Å². The first-order valence-electron chi connectivity index (χ1n) is 8.37. The topological polar surface area (TPSA) is 77.0 Å². The SMILES string of the molecule is C[C@@H]1CCC[C@H](C)N1C(=O)CSc1nnc(-c2cccc(Cl)c2)n1N. The third kappa shape index (κ3) is 3.93. The van der Waals surface area contributed by atoms with E-state index in [0.29, 0.717) is 21.8 Å². The van der Waals surface area contributed by atoms with Gasteiger partial charge in [0.15, 0.2) is 5.82 Å². The molecule has 0 spiro atoms. The van der Waals surface area contributed by atoms with E-state index >= 15 is 0 Å². The van der Waals surface area contributed by atoms with Crippen LogP contribution in [0.4, 0.5) is 0 Å². The molecule has 6 nitrogen and oxygen atoms in total. The number of thioether (sulfide) groups is 1. The summed E-state index contributed by atoms with van der Waals surface area (Å²) in [6.45, 7) is 4.22. The Bertz CT molecular complexity index is 755. The molecule has 1 aliphatic rings. The first-order chi connectivity index (χ1) is 12.0. The summed E-state index contributed by atoms with van der Waals surface area (Å²) in [4.78, 5) is 14.6. The van der Waals surface area contributed by atoms with Gasteiger partial charge in [0.25, 0.3) is 0 Å². The number of benzene rings is 1. The number of hydrogen-bond donors (Lipinski definition) is 1. The van der Waals surface area contributed by atoms with Crippen LogP contribution in [0.1, 0.15) is 33.1 Å². The van der Waals surface area contributed by atoms with E-state index in [9.17, 15) is 4.79 Å². The number of amides is 1. The Balaban J connectivity index is 1.69. The second kappa shape index (κ2) is 7.66. The Labute approximate surface area is 156 Å². The smallest absolute Gasteiger partial charge is 0.233 e. The molecule has 0 saturated carbocycles. The van der Waals surface area contributed by atoms with E-state index in [1.54, 1.807) is 12.1 Å². The minimum absolute atomic E-state index is 0.122. The molecule has 2 N–H and O–H groups in total. The predicted molar refractivity (Wildman–Crippen MR) is 101 cm³/mol. The largest absolute Gasteiger partial charge is 0.337 e. The van der Waals surface area contributed by atoms with Gasteiger partial charge in [-0.1, -0.05) is 35.5 Å². The van der Waals surface area contributed by atoms with E-state index in [4.69, 9.17) is 17.4 Å². The molecular weight excluding hydrogens is 358 g/mol. The number of nitrogen functional groups attached to an aromatic ring is 1. The summed E-state index contributed by atoms with van der Waals surface area (Å²) in [5.41, 5.74) is 0.791. The monoisotopic (exact) mass is 379 g/mol. The summed E-state index contributed by atoms with van der Waals surface area (Å²) >= 11 is 7.33. The van der Waals surface area contributed by atoms with Crippen molar-refractivity contribution in [1.29, 1.82) is 0 Å². The van der Waals surface area contributed by atoms with Crippen LogP contribution < -0.4 is 5.84 Å². The molecule has 2 atom stereocenters. The maximum absolute atomic E-state index is 12.6. The third-order valence-corrected chi connectivity index (χ3v) is 5.72. The molecule has 8 heteroatoms. The highest BCUT2D eigenvalue weighted by atomic mass is 35.5. The molecule has 3 rings (SSSR count). The van der Waals surface area contributed by atoms with Gasteiger partial charge in [-0.25, -0.2) is 4.68 Å². The van der Waals surface area contributed by atoms with E-state index in [-0.39, 0.29) is 18.0 Å². The number of hydrogen-bond acceptors (Lipinski definition) is 5. The van der Waals surface area contributed by atoms with Crippen molar-refractivity contribution in [2.45, 2.75) is 50.4 Å². The summed E-state index contributed by atoms with van der Waals surface area (Å²) in [6.07, 6.45) is 3.30. The third-order valence-electron chi connectivity index (χ3n) is 4.55. The van der Waals surface area contributed by atoms with Gasteiger partial charge in [0, 0.05) is 22.7 Å². The Hall–Kier alpha value is -1.73. The minimum Gasteiger partial charge on any atom is -0.337 e. The summed E-state index contributed by atoms with van der Waals surface area (Å²) in [5.74, 6) is 7.06. The average molecular weight is 380 g/mol. The fraction of sp³-hybridized carbons (Fsp3) is 0.471.